The molecule has 76 valence electrons. The standard InChI is InChI=1S/C9H17NO2S/c1-6(13)9(12)10-8-4-2-3-7(8)5-11/h6-8,11,13H,2-5H2,1H3,(H,10,12). The van der Waals surface area contributed by atoms with E-state index in [1.807, 2.05) is 0 Å². The van der Waals surface area contributed by atoms with Crippen LogP contribution in [0.2, 0.25) is 0 Å². The van der Waals surface area contributed by atoms with Crippen molar-refractivity contribution in [1.29, 1.82) is 0 Å². The van der Waals surface area contributed by atoms with Gasteiger partial charge in [0.2, 0.25) is 5.91 Å². The van der Waals surface area contributed by atoms with Crippen LogP contribution in [0, 0.1) is 5.92 Å². The Morgan fingerprint density at radius 2 is 2.38 bits per heavy atom. The summed E-state index contributed by atoms with van der Waals surface area (Å²) in [7, 11) is 0. The van der Waals surface area contributed by atoms with Gasteiger partial charge in [0.05, 0.1) is 5.25 Å². The Balaban J connectivity index is 2.39. The Morgan fingerprint density at radius 1 is 1.69 bits per heavy atom. The smallest absolute Gasteiger partial charge is 0.232 e. The molecule has 1 aliphatic rings. The molecule has 0 aromatic heterocycles. The van der Waals surface area contributed by atoms with Gasteiger partial charge in [-0.3, -0.25) is 4.79 Å². The second kappa shape index (κ2) is 4.86. The van der Waals surface area contributed by atoms with Gasteiger partial charge in [-0.05, 0) is 19.8 Å². The van der Waals surface area contributed by atoms with E-state index in [1.54, 1.807) is 6.92 Å². The van der Waals surface area contributed by atoms with Crippen molar-refractivity contribution >= 4 is 18.5 Å². The third-order valence-electron chi connectivity index (χ3n) is 2.60. The summed E-state index contributed by atoms with van der Waals surface area (Å²) in [5.74, 6) is 0.213. The Morgan fingerprint density at radius 3 is 2.92 bits per heavy atom. The van der Waals surface area contributed by atoms with Crippen molar-refractivity contribution in [2.75, 3.05) is 6.61 Å². The molecule has 0 aromatic rings. The Labute approximate surface area is 84.3 Å². The average molecular weight is 203 g/mol. The summed E-state index contributed by atoms with van der Waals surface area (Å²) in [5, 5.41) is 11.7. The largest absolute Gasteiger partial charge is 0.396 e. The zero-order valence-electron chi connectivity index (χ0n) is 7.86. The highest BCUT2D eigenvalue weighted by Crippen LogP contribution is 2.25. The summed E-state index contributed by atoms with van der Waals surface area (Å²) in [6.07, 6.45) is 3.09. The summed E-state index contributed by atoms with van der Waals surface area (Å²) in [4.78, 5) is 11.3. The van der Waals surface area contributed by atoms with E-state index in [2.05, 4.69) is 17.9 Å². The highest BCUT2D eigenvalue weighted by molar-refractivity contribution is 7.81. The molecule has 0 radical (unpaired) electrons. The van der Waals surface area contributed by atoms with Crippen molar-refractivity contribution in [3.8, 4) is 0 Å². The minimum atomic E-state index is -0.264. The number of hydrogen-bond donors (Lipinski definition) is 3. The number of aliphatic hydroxyl groups is 1. The van der Waals surface area contributed by atoms with Gasteiger partial charge < -0.3 is 10.4 Å². The molecular formula is C9H17NO2S. The van der Waals surface area contributed by atoms with Gasteiger partial charge in [-0.2, -0.15) is 12.6 Å². The van der Waals surface area contributed by atoms with Crippen LogP contribution in [0.4, 0.5) is 0 Å². The molecule has 3 nitrogen and oxygen atoms in total. The van der Waals surface area contributed by atoms with E-state index >= 15 is 0 Å². The maximum Gasteiger partial charge on any atom is 0.232 e. The van der Waals surface area contributed by atoms with Crippen LogP contribution in [0.15, 0.2) is 0 Å². The number of amides is 1. The molecule has 3 atom stereocenters. The molecule has 1 rings (SSSR count). The number of carbonyl (C=O) groups is 1. The van der Waals surface area contributed by atoms with Gasteiger partial charge in [-0.25, -0.2) is 0 Å². The number of nitrogens with one attached hydrogen (secondary N) is 1. The lowest BCUT2D eigenvalue weighted by Crippen LogP contribution is -2.41. The molecule has 3 unspecified atom stereocenters. The van der Waals surface area contributed by atoms with E-state index in [9.17, 15) is 4.79 Å². The lowest BCUT2D eigenvalue weighted by molar-refractivity contribution is -0.121. The fourth-order valence-corrected chi connectivity index (χ4v) is 1.82. The van der Waals surface area contributed by atoms with E-state index in [-0.39, 0.29) is 29.7 Å². The molecule has 0 bridgehead atoms. The van der Waals surface area contributed by atoms with Crippen molar-refractivity contribution < 1.29 is 9.90 Å². The molecule has 0 aromatic carbocycles. The maximum atomic E-state index is 11.3. The van der Waals surface area contributed by atoms with Gasteiger partial charge in [0.1, 0.15) is 0 Å². The minimum Gasteiger partial charge on any atom is -0.396 e. The molecule has 0 aliphatic heterocycles. The monoisotopic (exact) mass is 203 g/mol. The Kier molecular flexibility index (Phi) is 4.06. The number of carbonyl (C=O) groups excluding carboxylic acids is 1. The zero-order chi connectivity index (χ0) is 9.84. The van der Waals surface area contributed by atoms with E-state index in [4.69, 9.17) is 5.11 Å². The normalized spacial score (nSPS) is 30.1. The van der Waals surface area contributed by atoms with Gasteiger partial charge >= 0.3 is 0 Å². The van der Waals surface area contributed by atoms with Gasteiger partial charge in [0.15, 0.2) is 0 Å². The van der Waals surface area contributed by atoms with Gasteiger partial charge in [0.25, 0.3) is 0 Å². The van der Waals surface area contributed by atoms with Crippen molar-refractivity contribution in [2.45, 2.75) is 37.5 Å². The van der Waals surface area contributed by atoms with Crippen LogP contribution in [0.25, 0.3) is 0 Å². The van der Waals surface area contributed by atoms with Crippen molar-refractivity contribution in [3.05, 3.63) is 0 Å². The highest BCUT2D eigenvalue weighted by atomic mass is 32.1. The number of hydrogen-bond acceptors (Lipinski definition) is 3. The van der Waals surface area contributed by atoms with E-state index < -0.39 is 0 Å². The predicted molar refractivity (Wildman–Crippen MR) is 54.8 cm³/mol. The molecule has 1 saturated carbocycles. The fourth-order valence-electron chi connectivity index (χ4n) is 1.75. The van der Waals surface area contributed by atoms with Crippen LogP contribution in [-0.4, -0.2) is 28.9 Å². The maximum absolute atomic E-state index is 11.3. The molecule has 0 saturated heterocycles. The molecule has 0 heterocycles. The SMILES string of the molecule is CC(S)C(=O)NC1CCCC1CO. The Bertz CT molecular complexity index is 184. The first kappa shape index (κ1) is 10.9. The molecule has 1 amide bonds. The fraction of sp³-hybridized carbons (Fsp3) is 0.889. The van der Waals surface area contributed by atoms with E-state index in [1.165, 1.54) is 0 Å². The molecule has 0 spiro atoms. The summed E-state index contributed by atoms with van der Waals surface area (Å²) in [6, 6.07) is 0.159. The summed E-state index contributed by atoms with van der Waals surface area (Å²) in [6.45, 7) is 1.92. The third-order valence-corrected chi connectivity index (χ3v) is 2.84. The first-order chi connectivity index (χ1) is 6.15. The highest BCUT2D eigenvalue weighted by Gasteiger charge is 2.28. The first-order valence-electron chi connectivity index (χ1n) is 4.74. The van der Waals surface area contributed by atoms with Crippen LogP contribution >= 0.6 is 12.6 Å². The van der Waals surface area contributed by atoms with Crippen molar-refractivity contribution in [2.24, 2.45) is 5.92 Å². The van der Waals surface area contributed by atoms with E-state index in [0.717, 1.165) is 19.3 Å². The van der Waals surface area contributed by atoms with Gasteiger partial charge in [-0.15, -0.1) is 0 Å². The van der Waals surface area contributed by atoms with Gasteiger partial charge in [0, 0.05) is 18.6 Å². The molecule has 1 fully saturated rings. The van der Waals surface area contributed by atoms with Crippen LogP contribution in [0.5, 0.6) is 0 Å². The zero-order valence-corrected chi connectivity index (χ0v) is 8.76. The Hall–Kier alpha value is -0.220. The number of aliphatic hydroxyl groups excluding tert-OH is 1. The second-order valence-corrected chi connectivity index (χ2v) is 4.44. The van der Waals surface area contributed by atoms with Crippen LogP contribution in [0.3, 0.4) is 0 Å². The van der Waals surface area contributed by atoms with Crippen molar-refractivity contribution in [3.63, 3.8) is 0 Å². The lowest BCUT2D eigenvalue weighted by atomic mass is 10.1. The minimum absolute atomic E-state index is 0.0336. The lowest BCUT2D eigenvalue weighted by Gasteiger charge is -2.19. The van der Waals surface area contributed by atoms with Crippen LogP contribution in [-0.2, 0) is 4.79 Å². The average Bonchev–Trinajstić information content (AvgIpc) is 2.51. The van der Waals surface area contributed by atoms with Crippen LogP contribution in [0.1, 0.15) is 26.2 Å². The summed E-state index contributed by atoms with van der Waals surface area (Å²) < 4.78 is 0. The quantitative estimate of drug-likeness (QED) is 0.588. The topological polar surface area (TPSA) is 49.3 Å². The van der Waals surface area contributed by atoms with Crippen molar-refractivity contribution in [1.82, 2.24) is 5.32 Å². The van der Waals surface area contributed by atoms with Gasteiger partial charge in [-0.1, -0.05) is 6.42 Å². The second-order valence-electron chi connectivity index (χ2n) is 3.66. The van der Waals surface area contributed by atoms with E-state index in [0.29, 0.717) is 0 Å². The third kappa shape index (κ3) is 2.88. The molecule has 1 aliphatic carbocycles. The first-order valence-corrected chi connectivity index (χ1v) is 5.26. The molecule has 4 heteroatoms. The molecule has 2 N–H and O–H groups in total. The number of thiol groups is 1. The summed E-state index contributed by atoms with van der Waals surface area (Å²) >= 11 is 4.05. The van der Waals surface area contributed by atoms with Crippen LogP contribution < -0.4 is 5.32 Å². The molecule has 13 heavy (non-hydrogen) atoms. The summed E-state index contributed by atoms with van der Waals surface area (Å²) in [5.41, 5.74) is 0. The molecular weight excluding hydrogens is 186 g/mol. The predicted octanol–water partition coefficient (Wildman–Crippen LogP) is 0.582. The number of rotatable bonds is 3.